The van der Waals surface area contributed by atoms with Crippen LogP contribution in [0.25, 0.3) is 0 Å². The van der Waals surface area contributed by atoms with Crippen LogP contribution in [0, 0.1) is 0 Å². The normalized spacial score (nSPS) is 20.3. The zero-order valence-corrected chi connectivity index (χ0v) is 12.2. The first kappa shape index (κ1) is 14.2. The molecular formula is C16H17N3O3. The minimum atomic E-state index is -0.850. The molecule has 22 heavy (non-hydrogen) atoms. The summed E-state index contributed by atoms with van der Waals surface area (Å²) in [5.74, 6) is -0.0779. The Hall–Kier alpha value is -2.76. The summed E-state index contributed by atoms with van der Waals surface area (Å²) >= 11 is 0. The number of methoxy groups -OCH3 is 1. The van der Waals surface area contributed by atoms with Crippen molar-refractivity contribution < 1.29 is 14.6 Å². The van der Waals surface area contributed by atoms with Crippen molar-refractivity contribution in [2.75, 3.05) is 18.7 Å². The highest BCUT2D eigenvalue weighted by molar-refractivity contribution is 5.82. The minimum Gasteiger partial charge on any atom is -0.497 e. The Labute approximate surface area is 128 Å². The predicted octanol–water partition coefficient (Wildman–Crippen LogP) is 2.17. The number of nitrogens with zero attached hydrogens (tertiary/aromatic N) is 3. The van der Waals surface area contributed by atoms with Crippen molar-refractivity contribution in [2.24, 2.45) is 5.10 Å². The number of carboxylic acid groups (broad SMARTS) is 1. The zero-order valence-electron chi connectivity index (χ0n) is 12.2. The van der Waals surface area contributed by atoms with E-state index in [2.05, 4.69) is 5.10 Å². The Morgan fingerprint density at radius 1 is 1.32 bits per heavy atom. The average molecular weight is 299 g/mol. The summed E-state index contributed by atoms with van der Waals surface area (Å²) in [5.41, 5.74) is 0.228. The van der Waals surface area contributed by atoms with Crippen molar-refractivity contribution >= 4 is 17.9 Å². The van der Waals surface area contributed by atoms with Crippen LogP contribution < -0.4 is 9.75 Å². The zero-order chi connectivity index (χ0) is 15.6. The van der Waals surface area contributed by atoms with Crippen molar-refractivity contribution in [3.8, 4) is 5.75 Å². The van der Waals surface area contributed by atoms with Gasteiger partial charge in [0.2, 0.25) is 0 Å². The maximum atomic E-state index is 11.3. The topological polar surface area (TPSA) is 67.1 Å². The average Bonchev–Trinajstić information content (AvgIpc) is 3.17. The molecule has 114 valence electrons. The fourth-order valence-electron chi connectivity index (χ4n) is 2.66. The number of ether oxygens (including phenoxy) is 1. The monoisotopic (exact) mass is 299 g/mol. The smallest absolute Gasteiger partial charge is 0.306 e. The molecule has 0 spiro atoms. The quantitative estimate of drug-likeness (QED) is 0.919. The van der Waals surface area contributed by atoms with Crippen molar-refractivity contribution in [3.63, 3.8) is 0 Å². The van der Waals surface area contributed by atoms with E-state index in [0.29, 0.717) is 6.54 Å². The van der Waals surface area contributed by atoms with E-state index in [1.54, 1.807) is 13.3 Å². The van der Waals surface area contributed by atoms with Crippen LogP contribution in [0.3, 0.4) is 0 Å². The number of aromatic nitrogens is 1. The van der Waals surface area contributed by atoms with Gasteiger partial charge in [-0.3, -0.25) is 9.80 Å². The lowest BCUT2D eigenvalue weighted by Crippen LogP contribution is -2.41. The molecule has 1 N–H and O–H groups in total. The maximum Gasteiger partial charge on any atom is 0.306 e. The lowest BCUT2D eigenvalue weighted by Gasteiger charge is -2.28. The number of benzene rings is 1. The molecule has 1 unspecified atom stereocenters. The van der Waals surface area contributed by atoms with Crippen LogP contribution in [-0.2, 0) is 10.3 Å². The second-order valence-corrected chi connectivity index (χ2v) is 5.26. The number of carbonyl (C=O) groups is 1. The fourth-order valence-corrected chi connectivity index (χ4v) is 2.66. The largest absolute Gasteiger partial charge is 0.497 e. The Bertz CT molecular complexity index is 679. The lowest BCUT2D eigenvalue weighted by atomic mass is 9.97. The summed E-state index contributed by atoms with van der Waals surface area (Å²) in [5, 5.41) is 15.5. The number of anilines is 1. The Morgan fingerprint density at radius 2 is 2.00 bits per heavy atom. The SMILES string of the molecule is COc1ccc(N2CC(CC(=O)O)(n3cccc3)C=N2)cc1. The number of rotatable bonds is 5. The van der Waals surface area contributed by atoms with Gasteiger partial charge in [-0.2, -0.15) is 5.10 Å². The minimum absolute atomic E-state index is 0.0160. The second kappa shape index (κ2) is 5.55. The summed E-state index contributed by atoms with van der Waals surface area (Å²) < 4.78 is 7.04. The molecule has 3 rings (SSSR count). The van der Waals surface area contributed by atoms with Gasteiger partial charge < -0.3 is 14.4 Å². The van der Waals surface area contributed by atoms with E-state index in [0.717, 1.165) is 11.4 Å². The van der Waals surface area contributed by atoms with Crippen LogP contribution in [0.1, 0.15) is 6.42 Å². The predicted molar refractivity (Wildman–Crippen MR) is 83.5 cm³/mol. The van der Waals surface area contributed by atoms with Crippen molar-refractivity contribution in [3.05, 3.63) is 48.8 Å². The van der Waals surface area contributed by atoms with Crippen molar-refractivity contribution in [2.45, 2.75) is 12.0 Å². The molecule has 6 heteroatoms. The van der Waals surface area contributed by atoms with Gasteiger partial charge in [-0.1, -0.05) is 0 Å². The summed E-state index contributed by atoms with van der Waals surface area (Å²) in [4.78, 5) is 11.3. The third-order valence-electron chi connectivity index (χ3n) is 3.81. The van der Waals surface area contributed by atoms with E-state index in [4.69, 9.17) is 4.74 Å². The molecule has 0 fully saturated rings. The molecule has 0 bridgehead atoms. The molecule has 6 nitrogen and oxygen atoms in total. The summed E-state index contributed by atoms with van der Waals surface area (Å²) in [6.07, 6.45) is 5.43. The molecule has 0 amide bonds. The van der Waals surface area contributed by atoms with Crippen molar-refractivity contribution in [1.82, 2.24) is 4.57 Å². The van der Waals surface area contributed by atoms with E-state index >= 15 is 0 Å². The maximum absolute atomic E-state index is 11.3. The Morgan fingerprint density at radius 3 is 2.59 bits per heavy atom. The fraction of sp³-hybridized carbons (Fsp3) is 0.250. The molecule has 0 aliphatic carbocycles. The van der Waals surface area contributed by atoms with Gasteiger partial charge in [0.1, 0.15) is 11.3 Å². The number of hydrogen-bond acceptors (Lipinski definition) is 4. The highest BCUT2D eigenvalue weighted by atomic mass is 16.5. The molecule has 0 saturated heterocycles. The first-order valence-corrected chi connectivity index (χ1v) is 6.95. The second-order valence-electron chi connectivity index (χ2n) is 5.26. The molecule has 0 radical (unpaired) electrons. The van der Waals surface area contributed by atoms with E-state index in [-0.39, 0.29) is 6.42 Å². The number of hydrazone groups is 1. The molecule has 1 aromatic carbocycles. The van der Waals surface area contributed by atoms with Crippen LogP contribution in [0.2, 0.25) is 0 Å². The van der Waals surface area contributed by atoms with Gasteiger partial charge in [0.25, 0.3) is 0 Å². The molecule has 1 aliphatic rings. The summed E-state index contributed by atoms with van der Waals surface area (Å²) in [7, 11) is 1.62. The van der Waals surface area contributed by atoms with E-state index in [1.165, 1.54) is 0 Å². The highest BCUT2D eigenvalue weighted by Crippen LogP contribution is 2.30. The van der Waals surface area contributed by atoms with Crippen LogP contribution >= 0.6 is 0 Å². The highest BCUT2D eigenvalue weighted by Gasteiger charge is 2.39. The Kier molecular flexibility index (Phi) is 3.58. The first-order chi connectivity index (χ1) is 10.6. The molecule has 2 heterocycles. The molecule has 2 aromatic rings. The summed E-state index contributed by atoms with van der Waals surface area (Å²) in [6.45, 7) is 0.473. The number of carboxylic acids is 1. The Balaban J connectivity index is 1.87. The standard InChI is InChI=1S/C16H17N3O3/c1-22-14-6-4-13(5-7-14)19-12-16(11-17-19,10-15(20)21)18-8-2-3-9-18/h2-9,11H,10,12H2,1H3,(H,20,21). The van der Waals surface area contributed by atoms with Gasteiger partial charge in [-0.15, -0.1) is 0 Å². The number of aliphatic carboxylic acids is 1. The van der Waals surface area contributed by atoms with Gasteiger partial charge in [0.05, 0.1) is 32.0 Å². The van der Waals surface area contributed by atoms with Gasteiger partial charge in [-0.05, 0) is 36.4 Å². The molecule has 1 aromatic heterocycles. The van der Waals surface area contributed by atoms with Crippen LogP contribution in [0.5, 0.6) is 5.75 Å². The van der Waals surface area contributed by atoms with E-state index in [9.17, 15) is 9.90 Å². The van der Waals surface area contributed by atoms with E-state index in [1.807, 2.05) is 58.4 Å². The molecule has 1 aliphatic heterocycles. The van der Waals surface area contributed by atoms with Crippen LogP contribution in [0.15, 0.2) is 53.9 Å². The van der Waals surface area contributed by atoms with Gasteiger partial charge in [0.15, 0.2) is 0 Å². The van der Waals surface area contributed by atoms with E-state index < -0.39 is 11.5 Å². The van der Waals surface area contributed by atoms with Gasteiger partial charge in [0, 0.05) is 12.4 Å². The van der Waals surface area contributed by atoms with Gasteiger partial charge in [-0.25, -0.2) is 0 Å². The first-order valence-electron chi connectivity index (χ1n) is 6.95. The van der Waals surface area contributed by atoms with Crippen molar-refractivity contribution in [1.29, 1.82) is 0 Å². The third kappa shape index (κ3) is 2.55. The molecule has 1 atom stereocenters. The molecule has 0 saturated carbocycles. The number of hydrogen-bond donors (Lipinski definition) is 1. The van der Waals surface area contributed by atoms with Crippen LogP contribution in [-0.4, -0.2) is 35.5 Å². The third-order valence-corrected chi connectivity index (χ3v) is 3.81. The lowest BCUT2D eigenvalue weighted by molar-refractivity contribution is -0.138. The summed E-state index contributed by atoms with van der Waals surface area (Å²) in [6, 6.07) is 11.3. The van der Waals surface area contributed by atoms with Crippen LogP contribution in [0.4, 0.5) is 5.69 Å². The van der Waals surface area contributed by atoms with Gasteiger partial charge >= 0.3 is 5.97 Å². The molecular weight excluding hydrogens is 282 g/mol.